The molecular weight excluding hydrogens is 302 g/mol. The molecule has 4 nitrogen and oxygen atoms in total. The number of aromatic nitrogens is 1. The molecule has 0 aliphatic heterocycles. The van der Waals surface area contributed by atoms with Crippen LogP contribution in [0.25, 0.3) is 16.8 Å². The molecule has 0 saturated carbocycles. The first-order valence-corrected chi connectivity index (χ1v) is 7.69. The Bertz CT molecular complexity index is 877. The molecule has 4 heteroatoms. The van der Waals surface area contributed by atoms with Crippen molar-refractivity contribution in [3.8, 4) is 22.6 Å². The van der Waals surface area contributed by atoms with E-state index in [1.54, 1.807) is 7.11 Å². The van der Waals surface area contributed by atoms with Crippen LogP contribution in [0.2, 0.25) is 0 Å². The van der Waals surface area contributed by atoms with Gasteiger partial charge in [-0.3, -0.25) is 0 Å². The molecule has 0 bridgehead atoms. The minimum Gasteiger partial charge on any atom is -0.497 e. The number of benzene rings is 2. The van der Waals surface area contributed by atoms with Crippen LogP contribution < -0.4 is 4.74 Å². The van der Waals surface area contributed by atoms with Crippen LogP contribution in [-0.4, -0.2) is 22.8 Å². The standard InChI is InChI=1S/C20H19NO3/c1-13-18(15-7-5-4-6-8-15)19(20(22)23)14(2)21(13)16-9-11-17(24-3)12-10-16/h4-12H,1-3H3,(H,22,23). The largest absolute Gasteiger partial charge is 0.497 e. The predicted molar refractivity (Wildman–Crippen MR) is 94.2 cm³/mol. The molecule has 0 fully saturated rings. The second kappa shape index (κ2) is 6.24. The predicted octanol–water partition coefficient (Wildman–Crippen LogP) is 4.47. The summed E-state index contributed by atoms with van der Waals surface area (Å²) in [6, 6.07) is 17.2. The van der Waals surface area contributed by atoms with Gasteiger partial charge in [-0.15, -0.1) is 0 Å². The van der Waals surface area contributed by atoms with Gasteiger partial charge in [0, 0.05) is 22.6 Å². The van der Waals surface area contributed by atoms with Gasteiger partial charge in [0.05, 0.1) is 12.7 Å². The first kappa shape index (κ1) is 15.9. The van der Waals surface area contributed by atoms with E-state index < -0.39 is 5.97 Å². The number of carbonyl (C=O) groups is 1. The van der Waals surface area contributed by atoms with Crippen LogP contribution in [0.4, 0.5) is 0 Å². The Labute approximate surface area is 140 Å². The van der Waals surface area contributed by atoms with E-state index in [0.717, 1.165) is 28.3 Å². The van der Waals surface area contributed by atoms with Crippen LogP contribution in [0.5, 0.6) is 5.75 Å². The van der Waals surface area contributed by atoms with Crippen molar-refractivity contribution in [1.29, 1.82) is 0 Å². The highest BCUT2D eigenvalue weighted by atomic mass is 16.5. The summed E-state index contributed by atoms with van der Waals surface area (Å²) in [6.45, 7) is 3.79. The Hall–Kier alpha value is -3.01. The smallest absolute Gasteiger partial charge is 0.338 e. The van der Waals surface area contributed by atoms with E-state index in [1.807, 2.05) is 73.0 Å². The molecule has 3 aromatic rings. The van der Waals surface area contributed by atoms with Gasteiger partial charge in [-0.2, -0.15) is 0 Å². The number of aromatic carboxylic acids is 1. The van der Waals surface area contributed by atoms with Crippen molar-refractivity contribution in [2.45, 2.75) is 13.8 Å². The van der Waals surface area contributed by atoms with Gasteiger partial charge in [0.15, 0.2) is 0 Å². The van der Waals surface area contributed by atoms with Crippen LogP contribution in [0.1, 0.15) is 21.7 Å². The topological polar surface area (TPSA) is 51.5 Å². The van der Waals surface area contributed by atoms with Gasteiger partial charge in [-0.05, 0) is 43.7 Å². The van der Waals surface area contributed by atoms with E-state index in [0.29, 0.717) is 11.3 Å². The summed E-state index contributed by atoms with van der Waals surface area (Å²) < 4.78 is 7.18. The van der Waals surface area contributed by atoms with Crippen molar-refractivity contribution in [2.24, 2.45) is 0 Å². The van der Waals surface area contributed by atoms with E-state index >= 15 is 0 Å². The molecule has 0 amide bonds. The maximum absolute atomic E-state index is 11.9. The summed E-state index contributed by atoms with van der Waals surface area (Å²) in [4.78, 5) is 11.9. The number of hydrogen-bond donors (Lipinski definition) is 1. The Morgan fingerprint density at radius 3 is 2.12 bits per heavy atom. The van der Waals surface area contributed by atoms with Gasteiger partial charge in [-0.1, -0.05) is 30.3 Å². The van der Waals surface area contributed by atoms with Gasteiger partial charge < -0.3 is 14.4 Å². The van der Waals surface area contributed by atoms with E-state index in [9.17, 15) is 9.90 Å². The molecule has 3 rings (SSSR count). The third kappa shape index (κ3) is 2.56. The summed E-state index contributed by atoms with van der Waals surface area (Å²) >= 11 is 0. The monoisotopic (exact) mass is 321 g/mol. The average Bonchev–Trinajstić information content (AvgIpc) is 2.86. The highest BCUT2D eigenvalue weighted by molar-refractivity contribution is 5.99. The Morgan fingerprint density at radius 1 is 0.958 bits per heavy atom. The summed E-state index contributed by atoms with van der Waals surface area (Å²) in [5.74, 6) is -0.148. The molecule has 0 spiro atoms. The van der Waals surface area contributed by atoms with Gasteiger partial charge in [0.1, 0.15) is 5.75 Å². The second-order valence-corrected chi connectivity index (χ2v) is 5.63. The molecule has 0 unspecified atom stereocenters. The molecule has 122 valence electrons. The number of nitrogens with zero attached hydrogens (tertiary/aromatic N) is 1. The zero-order chi connectivity index (χ0) is 17.3. The fourth-order valence-corrected chi connectivity index (χ4v) is 3.18. The highest BCUT2D eigenvalue weighted by Gasteiger charge is 2.24. The number of methoxy groups -OCH3 is 1. The van der Waals surface area contributed by atoms with Crippen LogP contribution in [0.3, 0.4) is 0 Å². The summed E-state index contributed by atoms with van der Waals surface area (Å²) in [5, 5.41) is 9.74. The van der Waals surface area contributed by atoms with Crippen LogP contribution in [0.15, 0.2) is 54.6 Å². The molecule has 24 heavy (non-hydrogen) atoms. The molecule has 1 N–H and O–H groups in total. The van der Waals surface area contributed by atoms with Crippen molar-refractivity contribution in [3.63, 3.8) is 0 Å². The van der Waals surface area contributed by atoms with Gasteiger partial charge in [0.25, 0.3) is 0 Å². The van der Waals surface area contributed by atoms with E-state index in [-0.39, 0.29) is 0 Å². The lowest BCUT2D eigenvalue weighted by Gasteiger charge is -2.10. The Kier molecular flexibility index (Phi) is 4.13. The third-order valence-electron chi connectivity index (χ3n) is 4.25. The fraction of sp³-hybridized carbons (Fsp3) is 0.150. The molecule has 0 atom stereocenters. The van der Waals surface area contributed by atoms with E-state index in [1.165, 1.54) is 0 Å². The Morgan fingerprint density at radius 2 is 1.58 bits per heavy atom. The molecule has 1 heterocycles. The number of carboxylic acids is 1. The lowest BCUT2D eigenvalue weighted by molar-refractivity contribution is 0.0697. The maximum Gasteiger partial charge on any atom is 0.338 e. The minimum absolute atomic E-state index is 0.342. The van der Waals surface area contributed by atoms with Crippen molar-refractivity contribution >= 4 is 5.97 Å². The maximum atomic E-state index is 11.9. The van der Waals surface area contributed by atoms with Crippen LogP contribution in [0, 0.1) is 13.8 Å². The van der Waals surface area contributed by atoms with Crippen molar-refractivity contribution in [2.75, 3.05) is 7.11 Å². The normalized spacial score (nSPS) is 10.6. The van der Waals surface area contributed by atoms with E-state index in [4.69, 9.17) is 4.74 Å². The van der Waals surface area contributed by atoms with Crippen molar-refractivity contribution in [3.05, 3.63) is 71.5 Å². The molecule has 0 aliphatic rings. The quantitative estimate of drug-likeness (QED) is 0.771. The van der Waals surface area contributed by atoms with Gasteiger partial charge in [0.2, 0.25) is 0 Å². The zero-order valence-corrected chi connectivity index (χ0v) is 13.9. The SMILES string of the molecule is COc1ccc(-n2c(C)c(C(=O)O)c(-c3ccccc3)c2C)cc1. The first-order valence-electron chi connectivity index (χ1n) is 7.69. The fourth-order valence-electron chi connectivity index (χ4n) is 3.18. The highest BCUT2D eigenvalue weighted by Crippen LogP contribution is 2.34. The average molecular weight is 321 g/mol. The number of rotatable bonds is 4. The van der Waals surface area contributed by atoms with E-state index in [2.05, 4.69) is 0 Å². The summed E-state index contributed by atoms with van der Waals surface area (Å²) in [5.41, 5.74) is 4.54. The molecule has 2 aromatic carbocycles. The second-order valence-electron chi connectivity index (χ2n) is 5.63. The lowest BCUT2D eigenvalue weighted by Crippen LogP contribution is -2.02. The van der Waals surface area contributed by atoms with Crippen molar-refractivity contribution in [1.82, 2.24) is 4.57 Å². The van der Waals surface area contributed by atoms with Crippen LogP contribution in [-0.2, 0) is 0 Å². The first-order chi connectivity index (χ1) is 11.5. The lowest BCUT2D eigenvalue weighted by atomic mass is 10.0. The number of carboxylic acid groups (broad SMARTS) is 1. The summed E-state index contributed by atoms with van der Waals surface area (Å²) in [6.07, 6.45) is 0. The number of ether oxygens (including phenoxy) is 1. The molecule has 1 aromatic heterocycles. The molecule has 0 radical (unpaired) electrons. The van der Waals surface area contributed by atoms with Crippen molar-refractivity contribution < 1.29 is 14.6 Å². The summed E-state index contributed by atoms with van der Waals surface area (Å²) in [7, 11) is 1.62. The molecule has 0 aliphatic carbocycles. The minimum atomic E-state index is -0.915. The van der Waals surface area contributed by atoms with Crippen LogP contribution >= 0.6 is 0 Å². The van der Waals surface area contributed by atoms with Gasteiger partial charge >= 0.3 is 5.97 Å². The zero-order valence-electron chi connectivity index (χ0n) is 13.9. The number of hydrogen-bond acceptors (Lipinski definition) is 2. The Balaban J connectivity index is 2.26. The molecular formula is C20H19NO3. The van der Waals surface area contributed by atoms with Gasteiger partial charge in [-0.25, -0.2) is 4.79 Å². The molecule has 0 saturated heterocycles. The third-order valence-corrected chi connectivity index (χ3v) is 4.25.